The van der Waals surface area contributed by atoms with Gasteiger partial charge in [-0.2, -0.15) is 5.26 Å². The summed E-state index contributed by atoms with van der Waals surface area (Å²) in [6, 6.07) is 4.11. The van der Waals surface area contributed by atoms with Crippen LogP contribution >= 0.6 is 11.6 Å². The second-order valence-electron chi connectivity index (χ2n) is 2.73. The summed E-state index contributed by atoms with van der Waals surface area (Å²) in [5, 5.41) is 8.59. The van der Waals surface area contributed by atoms with E-state index in [1.54, 1.807) is 6.07 Å². The molecule has 0 amide bonds. The minimum Gasteiger partial charge on any atom is -0.465 e. The van der Waals surface area contributed by atoms with E-state index in [1.165, 1.54) is 6.07 Å². The Morgan fingerprint density at radius 1 is 1.67 bits per heavy atom. The first kappa shape index (κ1) is 11.5. The van der Waals surface area contributed by atoms with Gasteiger partial charge in [0.15, 0.2) is 0 Å². The number of esters is 1. The van der Waals surface area contributed by atoms with E-state index in [0.29, 0.717) is 0 Å². The molecule has 15 heavy (non-hydrogen) atoms. The molecule has 0 saturated carbocycles. The van der Waals surface area contributed by atoms with Crippen molar-refractivity contribution in [1.29, 1.82) is 5.26 Å². The smallest absolute Gasteiger partial charge is 0.341 e. The number of ether oxygens (including phenoxy) is 1. The number of alkyl halides is 1. The van der Waals surface area contributed by atoms with Crippen molar-refractivity contribution in [3.05, 3.63) is 34.6 Å². The first-order valence-corrected chi connectivity index (χ1v) is 4.54. The van der Waals surface area contributed by atoms with E-state index >= 15 is 0 Å². The van der Waals surface area contributed by atoms with Crippen LogP contribution < -0.4 is 0 Å². The lowest BCUT2D eigenvalue weighted by Gasteiger charge is -2.06. The molecule has 0 aliphatic rings. The summed E-state index contributed by atoms with van der Waals surface area (Å²) < 4.78 is 17.8. The second-order valence-corrected chi connectivity index (χ2v) is 3.00. The molecule has 0 spiro atoms. The first-order chi connectivity index (χ1) is 7.13. The molecule has 5 heteroatoms. The molecule has 0 aromatic heterocycles. The first-order valence-electron chi connectivity index (χ1n) is 4.00. The number of benzene rings is 1. The Balaban J connectivity index is 3.39. The van der Waals surface area contributed by atoms with E-state index < -0.39 is 11.8 Å². The fraction of sp³-hybridized carbons (Fsp3) is 0.200. The average molecular weight is 228 g/mol. The maximum Gasteiger partial charge on any atom is 0.341 e. The molecule has 0 bridgehead atoms. The maximum absolute atomic E-state index is 13.4. The highest BCUT2D eigenvalue weighted by atomic mass is 35.5. The van der Waals surface area contributed by atoms with Crippen LogP contribution in [0.4, 0.5) is 4.39 Å². The van der Waals surface area contributed by atoms with Crippen LogP contribution in [0.5, 0.6) is 0 Å². The summed E-state index contributed by atoms with van der Waals surface area (Å²) >= 11 is 5.55. The number of carbonyl (C=O) groups is 1. The Bertz CT molecular complexity index is 440. The Morgan fingerprint density at radius 3 is 2.80 bits per heavy atom. The molecule has 78 valence electrons. The highest BCUT2D eigenvalue weighted by molar-refractivity contribution is 6.17. The van der Waals surface area contributed by atoms with E-state index in [9.17, 15) is 9.18 Å². The molecule has 0 unspecified atom stereocenters. The molecule has 3 nitrogen and oxygen atoms in total. The summed E-state index contributed by atoms with van der Waals surface area (Å²) in [4.78, 5) is 11.2. The number of nitriles is 1. The van der Waals surface area contributed by atoms with E-state index in [4.69, 9.17) is 16.9 Å². The molecule has 0 heterocycles. The number of hydrogen-bond donors (Lipinski definition) is 0. The van der Waals surface area contributed by atoms with Gasteiger partial charge in [0.05, 0.1) is 24.3 Å². The molecular weight excluding hydrogens is 221 g/mol. The average Bonchev–Trinajstić information content (AvgIpc) is 2.26. The topological polar surface area (TPSA) is 50.1 Å². The highest BCUT2D eigenvalue weighted by Crippen LogP contribution is 2.19. The standard InChI is InChI=1S/C10H7ClFNO2/c1-15-10(14)9-7(4-11)2-6(5-13)3-8(9)12/h2-3H,4H2,1H3. The predicted molar refractivity (Wildman–Crippen MR) is 52.0 cm³/mol. The highest BCUT2D eigenvalue weighted by Gasteiger charge is 2.18. The van der Waals surface area contributed by atoms with Crippen molar-refractivity contribution in [3.63, 3.8) is 0 Å². The zero-order valence-electron chi connectivity index (χ0n) is 7.88. The van der Waals surface area contributed by atoms with Crippen LogP contribution in [0.15, 0.2) is 12.1 Å². The minimum atomic E-state index is -0.798. The van der Waals surface area contributed by atoms with Crippen molar-refractivity contribution in [3.8, 4) is 6.07 Å². The fourth-order valence-electron chi connectivity index (χ4n) is 1.16. The fourth-order valence-corrected chi connectivity index (χ4v) is 1.38. The predicted octanol–water partition coefficient (Wildman–Crippen LogP) is 2.22. The number of carbonyl (C=O) groups excluding carboxylic acids is 1. The monoisotopic (exact) mass is 227 g/mol. The lowest BCUT2D eigenvalue weighted by atomic mass is 10.0. The zero-order valence-corrected chi connectivity index (χ0v) is 8.64. The van der Waals surface area contributed by atoms with Crippen LogP contribution in [-0.4, -0.2) is 13.1 Å². The van der Waals surface area contributed by atoms with E-state index in [-0.39, 0.29) is 22.6 Å². The Morgan fingerprint density at radius 2 is 2.33 bits per heavy atom. The number of rotatable bonds is 2. The Hall–Kier alpha value is -1.60. The summed E-state index contributed by atoms with van der Waals surface area (Å²) in [7, 11) is 1.15. The van der Waals surface area contributed by atoms with Gasteiger partial charge in [-0.25, -0.2) is 9.18 Å². The van der Waals surface area contributed by atoms with Crippen molar-refractivity contribution in [2.75, 3.05) is 7.11 Å². The third kappa shape index (κ3) is 2.25. The van der Waals surface area contributed by atoms with Crippen molar-refractivity contribution in [1.82, 2.24) is 0 Å². The van der Waals surface area contributed by atoms with E-state index in [0.717, 1.165) is 13.2 Å². The van der Waals surface area contributed by atoms with Crippen LogP contribution in [0.25, 0.3) is 0 Å². The lowest BCUT2D eigenvalue weighted by molar-refractivity contribution is 0.0594. The van der Waals surface area contributed by atoms with Crippen LogP contribution in [0, 0.1) is 17.1 Å². The molecule has 0 fully saturated rings. The molecule has 1 aromatic rings. The van der Waals surface area contributed by atoms with Crippen LogP contribution in [0.2, 0.25) is 0 Å². The minimum absolute atomic E-state index is 0.0587. The quantitative estimate of drug-likeness (QED) is 0.575. The molecule has 0 radical (unpaired) electrons. The van der Waals surface area contributed by atoms with E-state index in [2.05, 4.69) is 4.74 Å². The number of hydrogen-bond acceptors (Lipinski definition) is 3. The molecule has 0 aliphatic heterocycles. The molecule has 0 aliphatic carbocycles. The molecular formula is C10H7ClFNO2. The van der Waals surface area contributed by atoms with Gasteiger partial charge in [0.1, 0.15) is 5.82 Å². The molecule has 0 saturated heterocycles. The third-order valence-electron chi connectivity index (χ3n) is 1.83. The SMILES string of the molecule is COC(=O)c1c(F)cc(C#N)cc1CCl. The van der Waals surface area contributed by atoms with Gasteiger partial charge in [-0.05, 0) is 17.7 Å². The van der Waals surface area contributed by atoms with Gasteiger partial charge in [-0.15, -0.1) is 11.6 Å². The molecule has 0 N–H and O–H groups in total. The molecule has 1 aromatic carbocycles. The maximum atomic E-state index is 13.4. The van der Waals surface area contributed by atoms with Gasteiger partial charge in [-0.3, -0.25) is 0 Å². The van der Waals surface area contributed by atoms with Gasteiger partial charge < -0.3 is 4.74 Å². The zero-order chi connectivity index (χ0) is 11.4. The molecule has 1 rings (SSSR count). The number of methoxy groups -OCH3 is 1. The Kier molecular flexibility index (Phi) is 3.64. The second kappa shape index (κ2) is 4.76. The third-order valence-corrected chi connectivity index (χ3v) is 2.12. The van der Waals surface area contributed by atoms with Crippen molar-refractivity contribution >= 4 is 17.6 Å². The summed E-state index contributed by atoms with van der Waals surface area (Å²) in [6.45, 7) is 0. The van der Waals surface area contributed by atoms with Gasteiger partial charge in [0.25, 0.3) is 0 Å². The van der Waals surface area contributed by atoms with Crippen molar-refractivity contribution in [2.45, 2.75) is 5.88 Å². The van der Waals surface area contributed by atoms with Gasteiger partial charge in [0.2, 0.25) is 0 Å². The largest absolute Gasteiger partial charge is 0.465 e. The van der Waals surface area contributed by atoms with Gasteiger partial charge >= 0.3 is 5.97 Å². The molecule has 0 atom stereocenters. The van der Waals surface area contributed by atoms with Gasteiger partial charge in [0, 0.05) is 5.88 Å². The Labute approximate surface area is 91.0 Å². The van der Waals surface area contributed by atoms with Crippen LogP contribution in [-0.2, 0) is 10.6 Å². The number of halogens is 2. The van der Waals surface area contributed by atoms with Crippen molar-refractivity contribution < 1.29 is 13.9 Å². The van der Waals surface area contributed by atoms with Crippen LogP contribution in [0.1, 0.15) is 21.5 Å². The number of nitrogens with zero attached hydrogens (tertiary/aromatic N) is 1. The van der Waals surface area contributed by atoms with Crippen molar-refractivity contribution in [2.24, 2.45) is 0 Å². The lowest BCUT2D eigenvalue weighted by Crippen LogP contribution is -2.08. The normalized spacial score (nSPS) is 9.47. The van der Waals surface area contributed by atoms with E-state index in [1.807, 2.05) is 0 Å². The summed E-state index contributed by atoms with van der Waals surface area (Å²) in [5.74, 6) is -1.65. The van der Waals surface area contributed by atoms with Crippen LogP contribution in [0.3, 0.4) is 0 Å². The summed E-state index contributed by atoms with van der Waals surface area (Å²) in [6.07, 6.45) is 0. The summed E-state index contributed by atoms with van der Waals surface area (Å²) in [5.41, 5.74) is 0.155. The van der Waals surface area contributed by atoms with Gasteiger partial charge in [-0.1, -0.05) is 0 Å².